The second-order valence-corrected chi connectivity index (χ2v) is 4.09. The van der Waals surface area contributed by atoms with Crippen LogP contribution in [-0.4, -0.2) is 41.6 Å². The first-order valence-electron chi connectivity index (χ1n) is 5.80. The van der Waals surface area contributed by atoms with Crippen LogP contribution in [0.5, 0.6) is 0 Å². The molecular weight excluding hydrogens is 220 g/mol. The highest BCUT2D eigenvalue weighted by atomic mass is 16.5. The van der Waals surface area contributed by atoms with E-state index >= 15 is 0 Å². The molecule has 1 fully saturated rings. The number of carbonyl (C=O) groups is 1. The molecule has 17 heavy (non-hydrogen) atoms. The summed E-state index contributed by atoms with van der Waals surface area (Å²) in [7, 11) is 0. The van der Waals surface area contributed by atoms with Gasteiger partial charge in [0.15, 0.2) is 0 Å². The smallest absolute Gasteiger partial charge is 0.255 e. The Labute approximate surface area is 99.4 Å². The summed E-state index contributed by atoms with van der Waals surface area (Å²) in [6.07, 6.45) is 2.48. The zero-order chi connectivity index (χ0) is 12.3. The van der Waals surface area contributed by atoms with Crippen molar-refractivity contribution < 1.29 is 9.53 Å². The van der Waals surface area contributed by atoms with E-state index in [1.807, 2.05) is 6.92 Å². The zero-order valence-corrected chi connectivity index (χ0v) is 9.81. The van der Waals surface area contributed by atoms with Gasteiger partial charge in [-0.1, -0.05) is 6.92 Å². The van der Waals surface area contributed by atoms with Crippen molar-refractivity contribution in [2.45, 2.75) is 19.4 Å². The summed E-state index contributed by atoms with van der Waals surface area (Å²) in [6.45, 7) is 3.84. The molecule has 1 aromatic heterocycles. The minimum absolute atomic E-state index is 0.0528. The van der Waals surface area contributed by atoms with Gasteiger partial charge in [0.05, 0.1) is 18.3 Å². The molecule has 1 aliphatic heterocycles. The topological polar surface area (TPSA) is 62.4 Å². The van der Waals surface area contributed by atoms with Gasteiger partial charge in [0.1, 0.15) is 0 Å². The molecule has 1 N–H and O–H groups in total. The molecule has 5 heteroatoms. The average molecular weight is 236 g/mol. The Morgan fingerprint density at radius 3 is 3.06 bits per heavy atom. The predicted octanol–water partition coefficient (Wildman–Crippen LogP) is 0.626. The molecule has 1 saturated heterocycles. The molecule has 2 rings (SSSR count). The number of hydrogen-bond donors (Lipinski definition) is 1. The summed E-state index contributed by atoms with van der Waals surface area (Å²) in [5, 5.41) is 0. The van der Waals surface area contributed by atoms with Crippen LogP contribution in [0.4, 0.5) is 0 Å². The lowest BCUT2D eigenvalue weighted by Gasteiger charge is -2.32. The Balaban J connectivity index is 2.09. The summed E-state index contributed by atoms with van der Waals surface area (Å²) >= 11 is 0. The van der Waals surface area contributed by atoms with Crippen molar-refractivity contribution in [3.63, 3.8) is 0 Å². The fourth-order valence-electron chi connectivity index (χ4n) is 1.88. The molecule has 1 aromatic rings. The van der Waals surface area contributed by atoms with Gasteiger partial charge in [-0.15, -0.1) is 0 Å². The molecule has 1 atom stereocenters. The number of amides is 1. The van der Waals surface area contributed by atoms with E-state index in [-0.39, 0.29) is 17.6 Å². The Morgan fingerprint density at radius 1 is 1.59 bits per heavy atom. The van der Waals surface area contributed by atoms with Gasteiger partial charge >= 0.3 is 0 Å². The molecule has 0 aliphatic carbocycles. The normalized spacial score (nSPS) is 20.3. The average Bonchev–Trinajstić information content (AvgIpc) is 2.39. The lowest BCUT2D eigenvalue weighted by atomic mass is 10.2. The number of carbonyl (C=O) groups excluding carboxylic acids is 1. The molecule has 0 radical (unpaired) electrons. The van der Waals surface area contributed by atoms with E-state index in [1.165, 1.54) is 12.3 Å². The van der Waals surface area contributed by atoms with Gasteiger partial charge in [0.2, 0.25) is 5.56 Å². The predicted molar refractivity (Wildman–Crippen MR) is 63.0 cm³/mol. The van der Waals surface area contributed by atoms with E-state index in [0.717, 1.165) is 6.42 Å². The van der Waals surface area contributed by atoms with Crippen molar-refractivity contribution in [3.05, 3.63) is 34.2 Å². The second kappa shape index (κ2) is 5.14. The monoisotopic (exact) mass is 236 g/mol. The number of pyridine rings is 1. The third-order valence-electron chi connectivity index (χ3n) is 2.91. The number of nitrogens with one attached hydrogen (secondary N) is 1. The highest BCUT2D eigenvalue weighted by Gasteiger charge is 2.23. The number of morpholine rings is 1. The third kappa shape index (κ3) is 2.74. The first-order chi connectivity index (χ1) is 8.20. The zero-order valence-electron chi connectivity index (χ0n) is 9.81. The number of aromatic nitrogens is 1. The summed E-state index contributed by atoms with van der Waals surface area (Å²) in [5.41, 5.74) is 0.316. The second-order valence-electron chi connectivity index (χ2n) is 4.09. The van der Waals surface area contributed by atoms with Crippen LogP contribution >= 0.6 is 0 Å². The molecule has 1 amide bonds. The van der Waals surface area contributed by atoms with Crippen LogP contribution in [0.25, 0.3) is 0 Å². The molecule has 0 spiro atoms. The molecule has 0 aromatic carbocycles. The standard InChI is InChI=1S/C12H16N2O3/c1-2-10-8-14(5-6-17-10)12(16)9-3-4-11(15)13-7-9/h3-4,7,10H,2,5-6,8H2,1H3,(H,13,15). The van der Waals surface area contributed by atoms with E-state index in [2.05, 4.69) is 4.98 Å². The first kappa shape index (κ1) is 11.9. The molecule has 1 unspecified atom stereocenters. The van der Waals surface area contributed by atoms with Crippen LogP contribution in [0.15, 0.2) is 23.1 Å². The number of rotatable bonds is 2. The molecular formula is C12H16N2O3. The van der Waals surface area contributed by atoms with E-state index < -0.39 is 0 Å². The highest BCUT2D eigenvalue weighted by molar-refractivity contribution is 5.93. The molecule has 2 heterocycles. The van der Waals surface area contributed by atoms with Gasteiger partial charge in [-0.3, -0.25) is 9.59 Å². The Morgan fingerprint density at radius 2 is 2.41 bits per heavy atom. The minimum Gasteiger partial charge on any atom is -0.375 e. The Kier molecular flexibility index (Phi) is 3.58. The fourth-order valence-corrected chi connectivity index (χ4v) is 1.88. The maximum absolute atomic E-state index is 12.1. The van der Waals surface area contributed by atoms with Crippen LogP contribution in [0.3, 0.4) is 0 Å². The SMILES string of the molecule is CCC1CN(C(=O)c2ccc(=O)[nH]c2)CCO1. The number of H-pyrrole nitrogens is 1. The van der Waals surface area contributed by atoms with Crippen LogP contribution in [0.1, 0.15) is 23.7 Å². The largest absolute Gasteiger partial charge is 0.375 e. The van der Waals surface area contributed by atoms with Gasteiger partial charge in [-0.2, -0.15) is 0 Å². The van der Waals surface area contributed by atoms with Crippen molar-refractivity contribution in [2.24, 2.45) is 0 Å². The van der Waals surface area contributed by atoms with E-state index in [1.54, 1.807) is 11.0 Å². The summed E-state index contributed by atoms with van der Waals surface area (Å²) < 4.78 is 5.51. The van der Waals surface area contributed by atoms with Gasteiger partial charge in [0, 0.05) is 25.4 Å². The maximum Gasteiger partial charge on any atom is 0.255 e. The number of hydrogen-bond acceptors (Lipinski definition) is 3. The van der Waals surface area contributed by atoms with E-state index in [0.29, 0.717) is 25.3 Å². The maximum atomic E-state index is 12.1. The van der Waals surface area contributed by atoms with Gasteiger partial charge in [-0.25, -0.2) is 0 Å². The summed E-state index contributed by atoms with van der Waals surface area (Å²) in [4.78, 5) is 27.3. The number of nitrogens with zero attached hydrogens (tertiary/aromatic N) is 1. The molecule has 5 nitrogen and oxygen atoms in total. The molecule has 92 valence electrons. The van der Waals surface area contributed by atoms with Gasteiger partial charge in [0.25, 0.3) is 5.91 Å². The summed E-state index contributed by atoms with van der Waals surface area (Å²) in [6, 6.07) is 2.92. The molecule has 0 bridgehead atoms. The summed E-state index contributed by atoms with van der Waals surface area (Å²) in [5.74, 6) is -0.0528. The Bertz CT molecular complexity index is 435. The van der Waals surface area contributed by atoms with Crippen molar-refractivity contribution >= 4 is 5.91 Å². The Hall–Kier alpha value is -1.62. The van der Waals surface area contributed by atoms with Crippen LogP contribution in [-0.2, 0) is 4.74 Å². The van der Waals surface area contributed by atoms with Crippen LogP contribution < -0.4 is 5.56 Å². The van der Waals surface area contributed by atoms with Crippen molar-refractivity contribution in [2.75, 3.05) is 19.7 Å². The van der Waals surface area contributed by atoms with Crippen LogP contribution in [0.2, 0.25) is 0 Å². The number of ether oxygens (including phenoxy) is 1. The molecule has 0 saturated carbocycles. The van der Waals surface area contributed by atoms with Crippen molar-refractivity contribution in [1.82, 2.24) is 9.88 Å². The lowest BCUT2D eigenvalue weighted by Crippen LogP contribution is -2.45. The fraction of sp³-hybridized carbons (Fsp3) is 0.500. The minimum atomic E-state index is -0.199. The van der Waals surface area contributed by atoms with E-state index in [4.69, 9.17) is 4.74 Å². The lowest BCUT2D eigenvalue weighted by molar-refractivity contribution is -0.0226. The first-order valence-corrected chi connectivity index (χ1v) is 5.80. The van der Waals surface area contributed by atoms with Gasteiger partial charge in [-0.05, 0) is 12.5 Å². The number of aromatic amines is 1. The van der Waals surface area contributed by atoms with E-state index in [9.17, 15) is 9.59 Å². The third-order valence-corrected chi connectivity index (χ3v) is 2.91. The highest BCUT2D eigenvalue weighted by Crippen LogP contribution is 2.11. The van der Waals surface area contributed by atoms with Gasteiger partial charge < -0.3 is 14.6 Å². The quantitative estimate of drug-likeness (QED) is 0.819. The van der Waals surface area contributed by atoms with Crippen molar-refractivity contribution in [1.29, 1.82) is 0 Å². The van der Waals surface area contributed by atoms with Crippen LogP contribution in [0, 0.1) is 0 Å². The van der Waals surface area contributed by atoms with Crippen molar-refractivity contribution in [3.8, 4) is 0 Å². The molecule has 1 aliphatic rings.